The number of hydrogen-bond acceptors (Lipinski definition) is 4. The third kappa shape index (κ3) is 3.77. The molecule has 0 bridgehead atoms. The SMILES string of the molecule is CC(C)=C/C(C)=N\Nc1ccc(-n2cccc2)nn1. The van der Waals surface area contributed by atoms with Crippen molar-refractivity contribution < 1.29 is 0 Å². The Labute approximate surface area is 112 Å². The van der Waals surface area contributed by atoms with Gasteiger partial charge < -0.3 is 4.57 Å². The summed E-state index contributed by atoms with van der Waals surface area (Å²) in [4.78, 5) is 0. The minimum Gasteiger partial charge on any atom is -0.307 e. The summed E-state index contributed by atoms with van der Waals surface area (Å²) in [6.45, 7) is 6.00. The van der Waals surface area contributed by atoms with Crippen LogP contribution in [0.25, 0.3) is 5.82 Å². The lowest BCUT2D eigenvalue weighted by atomic mass is 10.3. The second kappa shape index (κ2) is 5.95. The van der Waals surface area contributed by atoms with Crippen LogP contribution in [0.4, 0.5) is 5.82 Å². The quantitative estimate of drug-likeness (QED) is 0.675. The lowest BCUT2D eigenvalue weighted by Gasteiger charge is -2.02. The third-order valence-corrected chi connectivity index (χ3v) is 2.36. The molecule has 19 heavy (non-hydrogen) atoms. The van der Waals surface area contributed by atoms with Crippen molar-refractivity contribution in [3.63, 3.8) is 0 Å². The van der Waals surface area contributed by atoms with Crippen LogP contribution in [0, 0.1) is 0 Å². The number of aromatic nitrogens is 3. The highest BCUT2D eigenvalue weighted by Crippen LogP contribution is 2.07. The Hall–Kier alpha value is -2.43. The van der Waals surface area contributed by atoms with Crippen LogP contribution in [0.15, 0.2) is 53.4 Å². The maximum atomic E-state index is 4.21. The van der Waals surface area contributed by atoms with Gasteiger partial charge in [-0.2, -0.15) is 5.10 Å². The van der Waals surface area contributed by atoms with Crippen molar-refractivity contribution in [3.8, 4) is 5.82 Å². The molecule has 0 radical (unpaired) electrons. The zero-order chi connectivity index (χ0) is 13.7. The van der Waals surface area contributed by atoms with Gasteiger partial charge in [-0.3, -0.25) is 5.43 Å². The van der Waals surface area contributed by atoms with Gasteiger partial charge in [0.25, 0.3) is 0 Å². The molecule has 2 aromatic rings. The molecule has 0 aromatic carbocycles. The van der Waals surface area contributed by atoms with Gasteiger partial charge in [-0.05, 0) is 51.1 Å². The lowest BCUT2D eigenvalue weighted by Crippen LogP contribution is -2.01. The Morgan fingerprint density at radius 1 is 1.16 bits per heavy atom. The van der Waals surface area contributed by atoms with Crippen molar-refractivity contribution in [2.24, 2.45) is 5.10 Å². The Morgan fingerprint density at radius 2 is 1.89 bits per heavy atom. The van der Waals surface area contributed by atoms with Gasteiger partial charge in [0.2, 0.25) is 0 Å². The number of allylic oxidation sites excluding steroid dienone is 2. The minimum atomic E-state index is 0.623. The predicted octanol–water partition coefficient (Wildman–Crippen LogP) is 3.02. The summed E-state index contributed by atoms with van der Waals surface area (Å²) in [6.07, 6.45) is 5.84. The number of hydrogen-bond donors (Lipinski definition) is 1. The molecule has 0 amide bonds. The molecule has 1 N–H and O–H groups in total. The highest BCUT2D eigenvalue weighted by atomic mass is 15.4. The molecule has 0 unspecified atom stereocenters. The van der Waals surface area contributed by atoms with Crippen molar-refractivity contribution in [3.05, 3.63) is 48.3 Å². The summed E-state index contributed by atoms with van der Waals surface area (Å²) in [5.74, 6) is 1.40. The number of nitrogens with zero attached hydrogens (tertiary/aromatic N) is 4. The molecule has 5 nitrogen and oxygen atoms in total. The van der Waals surface area contributed by atoms with Gasteiger partial charge in [-0.15, -0.1) is 10.2 Å². The fourth-order valence-electron chi connectivity index (χ4n) is 1.61. The Balaban J connectivity index is 2.05. The summed E-state index contributed by atoms with van der Waals surface area (Å²) in [5.41, 5.74) is 4.99. The van der Waals surface area contributed by atoms with E-state index in [2.05, 4.69) is 20.7 Å². The van der Waals surface area contributed by atoms with Crippen LogP contribution >= 0.6 is 0 Å². The molecule has 0 spiro atoms. The van der Waals surface area contributed by atoms with Crippen molar-refractivity contribution in [2.45, 2.75) is 20.8 Å². The first kappa shape index (κ1) is 13.0. The van der Waals surface area contributed by atoms with Gasteiger partial charge in [0, 0.05) is 12.4 Å². The molecular weight excluding hydrogens is 238 g/mol. The van der Waals surface area contributed by atoms with E-state index < -0.39 is 0 Å². The van der Waals surface area contributed by atoms with Crippen LogP contribution in [0.3, 0.4) is 0 Å². The Morgan fingerprint density at radius 3 is 2.47 bits per heavy atom. The van der Waals surface area contributed by atoms with E-state index >= 15 is 0 Å². The van der Waals surface area contributed by atoms with Crippen molar-refractivity contribution >= 4 is 11.5 Å². The molecule has 2 heterocycles. The number of nitrogens with one attached hydrogen (secondary N) is 1. The van der Waals surface area contributed by atoms with Crippen molar-refractivity contribution in [1.29, 1.82) is 0 Å². The first-order valence-corrected chi connectivity index (χ1v) is 6.07. The predicted molar refractivity (Wildman–Crippen MR) is 77.5 cm³/mol. The van der Waals surface area contributed by atoms with E-state index in [0.717, 1.165) is 11.5 Å². The molecule has 0 aliphatic heterocycles. The maximum absolute atomic E-state index is 4.21. The summed E-state index contributed by atoms with van der Waals surface area (Å²) < 4.78 is 1.90. The highest BCUT2D eigenvalue weighted by Gasteiger charge is 1.98. The highest BCUT2D eigenvalue weighted by molar-refractivity contribution is 5.93. The summed E-state index contributed by atoms with van der Waals surface area (Å²) in [7, 11) is 0. The van der Waals surface area contributed by atoms with Gasteiger partial charge >= 0.3 is 0 Å². The summed E-state index contributed by atoms with van der Waals surface area (Å²) >= 11 is 0. The lowest BCUT2D eigenvalue weighted by molar-refractivity contribution is 0.918. The fourth-order valence-corrected chi connectivity index (χ4v) is 1.61. The third-order valence-electron chi connectivity index (χ3n) is 2.36. The Kier molecular flexibility index (Phi) is 4.07. The second-order valence-electron chi connectivity index (χ2n) is 4.45. The zero-order valence-corrected chi connectivity index (χ0v) is 11.3. The average Bonchev–Trinajstić information content (AvgIpc) is 2.90. The molecule has 98 valence electrons. The molecule has 0 atom stereocenters. The van der Waals surface area contributed by atoms with Gasteiger partial charge in [0.05, 0.1) is 5.71 Å². The van der Waals surface area contributed by atoms with Gasteiger partial charge in [-0.25, -0.2) is 0 Å². The van der Waals surface area contributed by atoms with Crippen LogP contribution in [-0.4, -0.2) is 20.5 Å². The van der Waals surface area contributed by atoms with Crippen LogP contribution in [-0.2, 0) is 0 Å². The molecule has 0 saturated carbocycles. The largest absolute Gasteiger partial charge is 0.307 e. The normalized spacial score (nSPS) is 11.2. The van der Waals surface area contributed by atoms with E-state index in [4.69, 9.17) is 0 Å². The molecule has 0 fully saturated rings. The van der Waals surface area contributed by atoms with Crippen LogP contribution in [0.1, 0.15) is 20.8 Å². The van der Waals surface area contributed by atoms with Crippen molar-refractivity contribution in [2.75, 3.05) is 5.43 Å². The average molecular weight is 255 g/mol. The standard InChI is InChI=1S/C14H17N5/c1-11(2)10-12(3)15-16-13-6-7-14(18-17-13)19-8-4-5-9-19/h4-10H,1-3H3,(H,16,17)/b15-12-. The van der Waals surface area contributed by atoms with Gasteiger partial charge in [0.1, 0.15) is 0 Å². The molecule has 2 aromatic heterocycles. The van der Waals surface area contributed by atoms with Crippen molar-refractivity contribution in [1.82, 2.24) is 14.8 Å². The number of rotatable bonds is 4. The first-order valence-electron chi connectivity index (χ1n) is 6.07. The van der Waals surface area contributed by atoms with Gasteiger partial charge in [0.15, 0.2) is 11.6 Å². The van der Waals surface area contributed by atoms with E-state index in [0.29, 0.717) is 5.82 Å². The fraction of sp³-hybridized carbons (Fsp3) is 0.214. The molecule has 0 saturated heterocycles. The molecule has 5 heteroatoms. The van der Waals surface area contributed by atoms with Crippen LogP contribution in [0.2, 0.25) is 0 Å². The molecule has 2 rings (SSSR count). The second-order valence-corrected chi connectivity index (χ2v) is 4.45. The van der Waals surface area contributed by atoms with E-state index in [1.807, 2.05) is 68.1 Å². The summed E-state index contributed by atoms with van der Waals surface area (Å²) in [6, 6.07) is 7.63. The molecular formula is C14H17N5. The number of anilines is 1. The molecule has 0 aliphatic carbocycles. The molecule has 0 aliphatic rings. The Bertz CT molecular complexity index is 575. The smallest absolute Gasteiger partial charge is 0.168 e. The van der Waals surface area contributed by atoms with Crippen LogP contribution < -0.4 is 5.43 Å². The van der Waals surface area contributed by atoms with E-state index in [1.165, 1.54) is 5.57 Å². The number of hydrazone groups is 1. The first-order chi connectivity index (χ1) is 9.15. The van der Waals surface area contributed by atoms with Crippen LogP contribution in [0.5, 0.6) is 0 Å². The van der Waals surface area contributed by atoms with Gasteiger partial charge in [-0.1, -0.05) is 5.57 Å². The minimum absolute atomic E-state index is 0.623. The maximum Gasteiger partial charge on any atom is 0.168 e. The van der Waals surface area contributed by atoms with E-state index in [1.54, 1.807) is 0 Å². The van der Waals surface area contributed by atoms with E-state index in [9.17, 15) is 0 Å². The topological polar surface area (TPSA) is 55.1 Å². The summed E-state index contributed by atoms with van der Waals surface area (Å²) in [5, 5.41) is 12.4. The monoisotopic (exact) mass is 255 g/mol. The van der Waals surface area contributed by atoms with E-state index in [-0.39, 0.29) is 0 Å². The zero-order valence-electron chi connectivity index (χ0n) is 11.3.